The molecule has 0 atom stereocenters. The van der Waals surface area contributed by atoms with Gasteiger partial charge < -0.3 is 4.90 Å². The predicted molar refractivity (Wildman–Crippen MR) is 75.2 cm³/mol. The van der Waals surface area contributed by atoms with E-state index in [1.54, 1.807) is 0 Å². The summed E-state index contributed by atoms with van der Waals surface area (Å²) < 4.78 is 61.8. The number of halogens is 3. The van der Waals surface area contributed by atoms with Crippen LogP contribution in [0, 0.1) is 0 Å². The van der Waals surface area contributed by atoms with Gasteiger partial charge in [0, 0.05) is 19.3 Å². The first kappa shape index (κ1) is 16.8. The van der Waals surface area contributed by atoms with Gasteiger partial charge >= 0.3 is 6.18 Å². The lowest BCUT2D eigenvalue weighted by atomic mass is 10.0. The Bertz CT molecular complexity index is 662. The van der Waals surface area contributed by atoms with E-state index in [0.29, 0.717) is 0 Å². The molecular weight excluding hydrogens is 319 g/mol. The highest BCUT2D eigenvalue weighted by atomic mass is 32.2. The van der Waals surface area contributed by atoms with Gasteiger partial charge in [-0.25, -0.2) is 8.42 Å². The van der Waals surface area contributed by atoms with Gasteiger partial charge in [-0.2, -0.15) is 13.2 Å². The van der Waals surface area contributed by atoms with Crippen molar-refractivity contribution in [1.82, 2.24) is 4.90 Å². The van der Waals surface area contributed by atoms with Gasteiger partial charge in [0.2, 0.25) is 0 Å². The van der Waals surface area contributed by atoms with E-state index in [-0.39, 0.29) is 25.9 Å². The number of hydrogen-bond donors (Lipinski definition) is 0. The summed E-state index contributed by atoms with van der Waals surface area (Å²) in [6, 6.07) is 4.63. The number of nitrogens with zero attached hydrogens (tertiary/aromatic N) is 1. The number of alkyl halides is 3. The van der Waals surface area contributed by atoms with Crippen LogP contribution in [0.1, 0.15) is 28.8 Å². The van der Waals surface area contributed by atoms with Gasteiger partial charge in [-0.15, -0.1) is 0 Å². The fourth-order valence-electron chi connectivity index (χ4n) is 2.57. The molecule has 2 rings (SSSR count). The molecule has 22 heavy (non-hydrogen) atoms. The molecule has 1 saturated heterocycles. The van der Waals surface area contributed by atoms with Crippen LogP contribution >= 0.6 is 0 Å². The first-order chi connectivity index (χ1) is 10.1. The minimum Gasteiger partial charge on any atom is -0.339 e. The molecule has 4 nitrogen and oxygen atoms in total. The normalized spacial score (nSPS) is 17.5. The maximum Gasteiger partial charge on any atom is 0.417 e. The lowest BCUT2D eigenvalue weighted by Gasteiger charge is -2.31. The summed E-state index contributed by atoms with van der Waals surface area (Å²) in [4.78, 5) is 13.6. The Balaban J connectivity index is 2.18. The molecule has 0 radical (unpaired) electrons. The standard InChI is InChI=1S/C14H16F3NO3S/c1-22(20,21)10-6-8-18(9-7-10)13(19)11-4-2-3-5-12(11)14(15,16)17/h2-5,10H,6-9H2,1H3. The van der Waals surface area contributed by atoms with Crippen LogP contribution in [0.15, 0.2) is 24.3 Å². The largest absolute Gasteiger partial charge is 0.417 e. The van der Waals surface area contributed by atoms with E-state index in [4.69, 9.17) is 0 Å². The molecule has 0 bridgehead atoms. The van der Waals surface area contributed by atoms with E-state index >= 15 is 0 Å². The zero-order valence-corrected chi connectivity index (χ0v) is 12.7. The van der Waals surface area contributed by atoms with Crippen LogP contribution in [0.3, 0.4) is 0 Å². The van der Waals surface area contributed by atoms with Crippen molar-refractivity contribution in [3.05, 3.63) is 35.4 Å². The average molecular weight is 335 g/mol. The quantitative estimate of drug-likeness (QED) is 0.834. The molecule has 1 aliphatic rings. The fraction of sp³-hybridized carbons (Fsp3) is 0.500. The van der Waals surface area contributed by atoms with E-state index in [2.05, 4.69) is 0 Å². The van der Waals surface area contributed by atoms with Crippen LogP contribution in [0.25, 0.3) is 0 Å². The monoisotopic (exact) mass is 335 g/mol. The molecule has 8 heteroatoms. The summed E-state index contributed by atoms with van der Waals surface area (Å²) in [5.74, 6) is -0.708. The second-order valence-electron chi connectivity index (χ2n) is 5.36. The number of amides is 1. The highest BCUT2D eigenvalue weighted by Gasteiger charge is 2.37. The summed E-state index contributed by atoms with van der Waals surface area (Å²) in [5.41, 5.74) is -1.36. The number of sulfone groups is 1. The molecule has 0 unspecified atom stereocenters. The van der Waals surface area contributed by atoms with E-state index in [1.807, 2.05) is 0 Å². The van der Waals surface area contributed by atoms with Crippen LogP contribution < -0.4 is 0 Å². The molecule has 122 valence electrons. The molecule has 0 saturated carbocycles. The molecular formula is C14H16F3NO3S. The van der Waals surface area contributed by atoms with Crippen molar-refractivity contribution in [2.45, 2.75) is 24.3 Å². The molecule has 0 spiro atoms. The van der Waals surface area contributed by atoms with E-state index in [0.717, 1.165) is 18.4 Å². The molecule has 1 aliphatic heterocycles. The Kier molecular flexibility index (Phi) is 4.51. The maximum atomic E-state index is 12.9. The van der Waals surface area contributed by atoms with Crippen LogP contribution in [-0.2, 0) is 16.0 Å². The third kappa shape index (κ3) is 3.60. The van der Waals surface area contributed by atoms with E-state index in [1.165, 1.54) is 17.0 Å². The van der Waals surface area contributed by atoms with E-state index in [9.17, 15) is 26.4 Å². The lowest BCUT2D eigenvalue weighted by molar-refractivity contribution is -0.138. The zero-order chi connectivity index (χ0) is 16.5. The summed E-state index contributed by atoms with van der Waals surface area (Å²) in [7, 11) is -3.19. The van der Waals surface area contributed by atoms with Crippen molar-refractivity contribution in [1.29, 1.82) is 0 Å². The maximum absolute atomic E-state index is 12.9. The van der Waals surface area contributed by atoms with Crippen LogP contribution in [0.4, 0.5) is 13.2 Å². The van der Waals surface area contributed by atoms with Gasteiger partial charge in [-0.1, -0.05) is 12.1 Å². The number of carbonyl (C=O) groups is 1. The molecule has 1 amide bonds. The number of carbonyl (C=O) groups excluding carboxylic acids is 1. The highest BCUT2D eigenvalue weighted by molar-refractivity contribution is 7.91. The Morgan fingerprint density at radius 2 is 1.73 bits per heavy atom. The van der Waals surface area contributed by atoms with Crippen molar-refractivity contribution in [2.24, 2.45) is 0 Å². The predicted octanol–water partition coefficient (Wildman–Crippen LogP) is 2.35. The third-order valence-electron chi connectivity index (χ3n) is 3.80. The average Bonchev–Trinajstić information content (AvgIpc) is 2.45. The van der Waals surface area contributed by atoms with Gasteiger partial charge in [0.05, 0.1) is 16.4 Å². The zero-order valence-electron chi connectivity index (χ0n) is 11.9. The van der Waals surface area contributed by atoms with Gasteiger partial charge in [-0.3, -0.25) is 4.79 Å². The lowest BCUT2D eigenvalue weighted by Crippen LogP contribution is -2.42. The Hall–Kier alpha value is -1.57. The van der Waals surface area contributed by atoms with Crippen molar-refractivity contribution >= 4 is 15.7 Å². The van der Waals surface area contributed by atoms with Crippen LogP contribution in [0.2, 0.25) is 0 Å². The molecule has 0 aliphatic carbocycles. The van der Waals surface area contributed by atoms with Crippen LogP contribution in [-0.4, -0.2) is 43.8 Å². The van der Waals surface area contributed by atoms with Gasteiger partial charge in [0.1, 0.15) is 9.84 Å². The second kappa shape index (κ2) is 5.91. The number of rotatable bonds is 2. The summed E-state index contributed by atoms with van der Waals surface area (Å²) in [5, 5.41) is -0.533. The fourth-order valence-corrected chi connectivity index (χ4v) is 3.64. The molecule has 0 aromatic heterocycles. The van der Waals surface area contributed by atoms with Crippen molar-refractivity contribution in [3.8, 4) is 0 Å². The Morgan fingerprint density at radius 1 is 1.18 bits per heavy atom. The smallest absolute Gasteiger partial charge is 0.339 e. The summed E-state index contributed by atoms with van der Waals surface area (Å²) >= 11 is 0. The Labute approximate surface area is 126 Å². The third-order valence-corrected chi connectivity index (χ3v) is 5.48. The van der Waals surface area contributed by atoms with Gasteiger partial charge in [0.15, 0.2) is 0 Å². The Morgan fingerprint density at radius 3 is 2.23 bits per heavy atom. The molecule has 1 aromatic rings. The van der Waals surface area contributed by atoms with Crippen molar-refractivity contribution < 1.29 is 26.4 Å². The highest BCUT2D eigenvalue weighted by Crippen LogP contribution is 2.32. The molecule has 1 aromatic carbocycles. The topological polar surface area (TPSA) is 54.5 Å². The van der Waals surface area contributed by atoms with Crippen molar-refractivity contribution in [3.63, 3.8) is 0 Å². The van der Waals surface area contributed by atoms with E-state index < -0.39 is 38.3 Å². The number of likely N-dealkylation sites (tertiary alicyclic amines) is 1. The molecule has 0 N–H and O–H groups in total. The summed E-state index contributed by atoms with van der Waals surface area (Å²) in [6.07, 6.45) is -2.97. The SMILES string of the molecule is CS(=O)(=O)C1CCN(C(=O)c2ccccc2C(F)(F)F)CC1. The summed E-state index contributed by atoms with van der Waals surface area (Å²) in [6.45, 7) is 0.283. The molecule has 1 heterocycles. The van der Waals surface area contributed by atoms with Gasteiger partial charge in [0.25, 0.3) is 5.91 Å². The minimum atomic E-state index is -4.60. The molecule has 1 fully saturated rings. The van der Waals surface area contributed by atoms with Crippen molar-refractivity contribution in [2.75, 3.05) is 19.3 Å². The van der Waals surface area contributed by atoms with Crippen LogP contribution in [0.5, 0.6) is 0 Å². The second-order valence-corrected chi connectivity index (χ2v) is 7.69. The number of hydrogen-bond acceptors (Lipinski definition) is 3. The first-order valence-corrected chi connectivity index (χ1v) is 8.70. The first-order valence-electron chi connectivity index (χ1n) is 6.75. The number of benzene rings is 1. The number of piperidine rings is 1. The minimum absolute atomic E-state index is 0.142. The van der Waals surface area contributed by atoms with Gasteiger partial charge in [-0.05, 0) is 25.0 Å².